The number of nitrogens with one attached hydrogen (secondary N) is 1. The summed E-state index contributed by atoms with van der Waals surface area (Å²) in [6, 6.07) is 11.7. The number of sulfonamides is 1. The van der Waals surface area contributed by atoms with Crippen LogP contribution in [0, 0.1) is 0 Å². The predicted octanol–water partition coefficient (Wildman–Crippen LogP) is 4.25. The Morgan fingerprint density at radius 2 is 1.66 bits per heavy atom. The number of fused-ring (bicyclic) bond motifs is 1. The number of aryl methyl sites for hydroxylation is 2. The van der Waals surface area contributed by atoms with Gasteiger partial charge < -0.3 is 5.32 Å². The molecule has 156 valence electrons. The fourth-order valence-corrected chi connectivity index (χ4v) is 5.14. The molecule has 0 saturated heterocycles. The van der Waals surface area contributed by atoms with E-state index in [0.29, 0.717) is 10.7 Å². The Bertz CT molecular complexity index is 990. The summed E-state index contributed by atoms with van der Waals surface area (Å²) in [4.78, 5) is 12.9. The molecule has 7 heteroatoms. The first kappa shape index (κ1) is 21.7. The molecule has 2 unspecified atom stereocenters. The molecule has 1 N–H and O–H groups in total. The molecule has 1 aliphatic rings. The van der Waals surface area contributed by atoms with Gasteiger partial charge in [0.05, 0.1) is 18.0 Å². The third-order valence-electron chi connectivity index (χ3n) is 5.40. The Labute approximate surface area is 178 Å². The minimum Gasteiger partial charge on any atom is -0.348 e. The molecule has 2 aromatic carbocycles. The average molecular weight is 435 g/mol. The van der Waals surface area contributed by atoms with Crippen LogP contribution in [0.15, 0.2) is 42.5 Å². The molecule has 0 radical (unpaired) electrons. The quantitative estimate of drug-likeness (QED) is 0.739. The molecular weight excluding hydrogens is 408 g/mol. The van der Waals surface area contributed by atoms with Crippen LogP contribution in [0.2, 0.25) is 5.02 Å². The molecular formula is C22H27ClN2O3S. The summed E-state index contributed by atoms with van der Waals surface area (Å²) in [5.41, 5.74) is 4.17. The highest BCUT2D eigenvalue weighted by Gasteiger charge is 2.30. The molecule has 0 spiro atoms. The Morgan fingerprint density at radius 3 is 2.28 bits per heavy atom. The molecule has 0 fully saturated rings. The van der Waals surface area contributed by atoms with Crippen molar-refractivity contribution in [2.75, 3.05) is 10.6 Å². The fourth-order valence-electron chi connectivity index (χ4n) is 3.84. The van der Waals surface area contributed by atoms with E-state index in [-0.39, 0.29) is 11.9 Å². The summed E-state index contributed by atoms with van der Waals surface area (Å²) in [7, 11) is -3.66. The zero-order valence-electron chi connectivity index (χ0n) is 17.0. The SMILES string of the molecule is CC(NC(=O)C(C)N(c1ccc(Cl)cc1)S(C)(=O)=O)c1ccc2c(c1)CCCC2. The molecule has 1 amide bonds. The van der Waals surface area contributed by atoms with E-state index in [4.69, 9.17) is 11.6 Å². The summed E-state index contributed by atoms with van der Waals surface area (Å²) in [5, 5.41) is 3.47. The van der Waals surface area contributed by atoms with E-state index in [2.05, 4.69) is 17.4 Å². The van der Waals surface area contributed by atoms with Crippen LogP contribution in [0.25, 0.3) is 0 Å². The van der Waals surface area contributed by atoms with Crippen LogP contribution >= 0.6 is 11.6 Å². The van der Waals surface area contributed by atoms with E-state index < -0.39 is 16.1 Å². The number of amides is 1. The van der Waals surface area contributed by atoms with Crippen LogP contribution in [0.4, 0.5) is 5.69 Å². The number of nitrogens with zero attached hydrogens (tertiary/aromatic N) is 1. The molecule has 2 atom stereocenters. The number of hydrogen-bond donors (Lipinski definition) is 1. The molecule has 0 saturated carbocycles. The smallest absolute Gasteiger partial charge is 0.244 e. The van der Waals surface area contributed by atoms with Gasteiger partial charge in [-0.2, -0.15) is 0 Å². The molecule has 0 aliphatic heterocycles. The summed E-state index contributed by atoms with van der Waals surface area (Å²) >= 11 is 5.91. The van der Waals surface area contributed by atoms with E-state index in [9.17, 15) is 13.2 Å². The Balaban J connectivity index is 1.78. The number of anilines is 1. The van der Waals surface area contributed by atoms with Gasteiger partial charge >= 0.3 is 0 Å². The van der Waals surface area contributed by atoms with Gasteiger partial charge in [0.15, 0.2) is 0 Å². The predicted molar refractivity (Wildman–Crippen MR) is 118 cm³/mol. The highest BCUT2D eigenvalue weighted by molar-refractivity contribution is 7.92. The van der Waals surface area contributed by atoms with Crippen LogP contribution in [0.5, 0.6) is 0 Å². The zero-order chi connectivity index (χ0) is 21.2. The number of halogens is 1. The third-order valence-corrected chi connectivity index (χ3v) is 6.89. The van der Waals surface area contributed by atoms with Gasteiger partial charge in [-0.1, -0.05) is 29.8 Å². The monoisotopic (exact) mass is 434 g/mol. The lowest BCUT2D eigenvalue weighted by Gasteiger charge is -2.29. The lowest BCUT2D eigenvalue weighted by molar-refractivity contribution is -0.122. The van der Waals surface area contributed by atoms with Crippen LogP contribution in [0.3, 0.4) is 0 Å². The maximum atomic E-state index is 12.9. The minimum atomic E-state index is -3.66. The molecule has 0 aromatic heterocycles. The van der Waals surface area contributed by atoms with Crippen molar-refractivity contribution in [1.82, 2.24) is 5.32 Å². The van der Waals surface area contributed by atoms with Crippen molar-refractivity contribution in [3.8, 4) is 0 Å². The lowest BCUT2D eigenvalue weighted by Crippen LogP contribution is -2.48. The average Bonchev–Trinajstić information content (AvgIpc) is 2.68. The van der Waals surface area contributed by atoms with Crippen LogP contribution in [0.1, 0.15) is 49.4 Å². The van der Waals surface area contributed by atoms with Crippen molar-refractivity contribution in [2.24, 2.45) is 0 Å². The molecule has 0 heterocycles. The van der Waals surface area contributed by atoms with E-state index in [1.165, 1.54) is 24.0 Å². The van der Waals surface area contributed by atoms with E-state index >= 15 is 0 Å². The van der Waals surface area contributed by atoms with E-state index in [1.807, 2.05) is 13.0 Å². The second-order valence-corrected chi connectivity index (χ2v) is 9.97. The van der Waals surface area contributed by atoms with E-state index in [1.54, 1.807) is 31.2 Å². The maximum Gasteiger partial charge on any atom is 0.244 e. The second kappa shape index (κ2) is 8.76. The largest absolute Gasteiger partial charge is 0.348 e. The molecule has 5 nitrogen and oxygen atoms in total. The summed E-state index contributed by atoms with van der Waals surface area (Å²) in [6.45, 7) is 3.51. The van der Waals surface area contributed by atoms with Crippen molar-refractivity contribution in [2.45, 2.75) is 51.6 Å². The number of benzene rings is 2. The molecule has 1 aliphatic carbocycles. The molecule has 0 bridgehead atoms. The fraction of sp³-hybridized carbons (Fsp3) is 0.409. The normalized spacial score (nSPS) is 15.9. The first-order valence-corrected chi connectivity index (χ1v) is 12.1. The zero-order valence-corrected chi connectivity index (χ0v) is 18.6. The van der Waals surface area contributed by atoms with Crippen molar-refractivity contribution in [3.05, 3.63) is 64.2 Å². The highest BCUT2D eigenvalue weighted by Crippen LogP contribution is 2.26. The third kappa shape index (κ3) is 5.11. The van der Waals surface area contributed by atoms with Crippen LogP contribution in [-0.2, 0) is 27.7 Å². The van der Waals surface area contributed by atoms with Gasteiger partial charge in [-0.15, -0.1) is 0 Å². The first-order valence-electron chi connectivity index (χ1n) is 9.84. The van der Waals surface area contributed by atoms with Gasteiger partial charge in [0.1, 0.15) is 6.04 Å². The van der Waals surface area contributed by atoms with Crippen molar-refractivity contribution >= 4 is 33.2 Å². The maximum absolute atomic E-state index is 12.9. The van der Waals surface area contributed by atoms with Gasteiger partial charge in [0.2, 0.25) is 15.9 Å². The van der Waals surface area contributed by atoms with Crippen molar-refractivity contribution in [3.63, 3.8) is 0 Å². The van der Waals surface area contributed by atoms with Crippen molar-refractivity contribution < 1.29 is 13.2 Å². The van der Waals surface area contributed by atoms with Crippen LogP contribution < -0.4 is 9.62 Å². The Morgan fingerprint density at radius 1 is 1.03 bits per heavy atom. The van der Waals surface area contributed by atoms with E-state index in [0.717, 1.165) is 29.0 Å². The number of rotatable bonds is 6. The van der Waals surface area contributed by atoms with Gasteiger partial charge in [-0.3, -0.25) is 9.10 Å². The standard InChI is InChI=1S/C22H27ClN2O3S/c1-15(18-9-8-17-6-4-5-7-19(17)14-18)24-22(26)16(2)25(29(3,27)28)21-12-10-20(23)11-13-21/h8-16H,4-7H2,1-3H3,(H,24,26). The van der Waals surface area contributed by atoms with Gasteiger partial charge in [0, 0.05) is 5.02 Å². The highest BCUT2D eigenvalue weighted by atomic mass is 35.5. The topological polar surface area (TPSA) is 66.5 Å². The second-order valence-electron chi connectivity index (χ2n) is 7.68. The van der Waals surface area contributed by atoms with Gasteiger partial charge in [0.25, 0.3) is 0 Å². The van der Waals surface area contributed by atoms with Crippen molar-refractivity contribution in [1.29, 1.82) is 0 Å². The number of hydrogen-bond acceptors (Lipinski definition) is 3. The summed E-state index contributed by atoms with van der Waals surface area (Å²) in [5.74, 6) is -0.351. The number of carbonyl (C=O) groups is 1. The van der Waals surface area contributed by atoms with Gasteiger partial charge in [-0.05, 0) is 80.5 Å². The van der Waals surface area contributed by atoms with Gasteiger partial charge in [-0.25, -0.2) is 8.42 Å². The minimum absolute atomic E-state index is 0.219. The molecule has 3 rings (SSSR count). The Kier molecular flexibility index (Phi) is 6.54. The lowest BCUT2D eigenvalue weighted by atomic mass is 9.89. The Hall–Kier alpha value is -2.05. The summed E-state index contributed by atoms with van der Waals surface area (Å²) in [6.07, 6.45) is 5.69. The molecule has 29 heavy (non-hydrogen) atoms. The summed E-state index contributed by atoms with van der Waals surface area (Å²) < 4.78 is 25.9. The molecule has 2 aromatic rings. The first-order chi connectivity index (χ1) is 13.7. The number of carbonyl (C=O) groups excluding carboxylic acids is 1. The van der Waals surface area contributed by atoms with Crippen LogP contribution in [-0.4, -0.2) is 26.6 Å².